The van der Waals surface area contributed by atoms with Crippen LogP contribution in [-0.2, 0) is 9.59 Å². The molecule has 8 heteroatoms. The maximum atomic E-state index is 13.0. The molecule has 0 bridgehead atoms. The number of fused-ring (bicyclic) bond motifs is 1. The fourth-order valence-electron chi connectivity index (χ4n) is 3.61. The van der Waals surface area contributed by atoms with E-state index < -0.39 is 6.10 Å². The lowest BCUT2D eigenvalue weighted by molar-refractivity contribution is -0.146. The molecule has 2 aromatic rings. The highest BCUT2D eigenvalue weighted by molar-refractivity contribution is 9.10. The second-order valence-electron chi connectivity index (χ2n) is 7.26. The minimum absolute atomic E-state index is 0.0635. The molecule has 3 heterocycles. The maximum Gasteiger partial charge on any atom is 0.267 e. The first-order valence-electron chi connectivity index (χ1n) is 9.65. The highest BCUT2D eigenvalue weighted by Gasteiger charge is 2.38. The zero-order valence-electron chi connectivity index (χ0n) is 16.0. The number of hydrogen-bond acceptors (Lipinski definition) is 5. The molecule has 0 radical (unpaired) electrons. The van der Waals surface area contributed by atoms with E-state index in [9.17, 15) is 9.59 Å². The lowest BCUT2D eigenvalue weighted by Gasteiger charge is -2.37. The molecule has 1 saturated heterocycles. The number of para-hydroxylation sites is 2. The summed E-state index contributed by atoms with van der Waals surface area (Å²) in [6, 6.07) is 10.9. The third-order valence-corrected chi connectivity index (χ3v) is 5.71. The molecule has 2 aliphatic rings. The smallest absolute Gasteiger partial charge is 0.267 e. The number of rotatable bonds is 3. The summed E-state index contributed by atoms with van der Waals surface area (Å²) in [5, 5.41) is 2.85. The maximum absolute atomic E-state index is 13.0. The van der Waals surface area contributed by atoms with Crippen molar-refractivity contribution in [1.82, 2.24) is 9.88 Å². The molecule has 0 saturated carbocycles. The summed E-state index contributed by atoms with van der Waals surface area (Å²) in [7, 11) is 0. The summed E-state index contributed by atoms with van der Waals surface area (Å²) in [4.78, 5) is 31.4. The Labute approximate surface area is 177 Å². The molecule has 2 aliphatic heterocycles. The van der Waals surface area contributed by atoms with Crippen LogP contribution in [0.5, 0.6) is 11.5 Å². The largest absolute Gasteiger partial charge is 0.482 e. The van der Waals surface area contributed by atoms with E-state index in [1.807, 2.05) is 31.2 Å². The molecule has 7 nitrogen and oxygen atoms in total. The Hall–Kier alpha value is -2.61. The molecule has 0 spiro atoms. The van der Waals surface area contributed by atoms with Crippen molar-refractivity contribution in [3.05, 3.63) is 47.1 Å². The van der Waals surface area contributed by atoms with Crippen molar-refractivity contribution in [2.75, 3.05) is 18.4 Å². The molecular formula is C21H22BrN3O4. The number of nitrogens with zero attached hydrogens (tertiary/aromatic N) is 2. The van der Waals surface area contributed by atoms with E-state index in [2.05, 4.69) is 26.2 Å². The van der Waals surface area contributed by atoms with Crippen molar-refractivity contribution in [1.29, 1.82) is 0 Å². The Morgan fingerprint density at radius 1 is 1.10 bits per heavy atom. The second-order valence-corrected chi connectivity index (χ2v) is 8.17. The average molecular weight is 460 g/mol. The van der Waals surface area contributed by atoms with Gasteiger partial charge in [-0.3, -0.25) is 9.59 Å². The quantitative estimate of drug-likeness (QED) is 0.761. The van der Waals surface area contributed by atoms with Gasteiger partial charge in [-0.05, 0) is 60.0 Å². The normalized spacial score (nSPS) is 21.5. The molecule has 1 aromatic carbocycles. The van der Waals surface area contributed by atoms with Crippen LogP contribution >= 0.6 is 15.9 Å². The van der Waals surface area contributed by atoms with Crippen LogP contribution < -0.4 is 14.8 Å². The average Bonchev–Trinajstić information content (AvgIpc) is 2.74. The molecule has 152 valence electrons. The van der Waals surface area contributed by atoms with E-state index in [1.54, 1.807) is 23.2 Å². The summed E-state index contributed by atoms with van der Waals surface area (Å²) < 4.78 is 12.6. The van der Waals surface area contributed by atoms with Gasteiger partial charge in [-0.15, -0.1) is 0 Å². The highest BCUT2D eigenvalue weighted by Crippen LogP contribution is 2.34. The van der Waals surface area contributed by atoms with Gasteiger partial charge in [0.05, 0.1) is 0 Å². The number of nitrogens with one attached hydrogen (secondary N) is 1. The first-order valence-corrected chi connectivity index (χ1v) is 10.4. The van der Waals surface area contributed by atoms with Gasteiger partial charge in [0, 0.05) is 29.7 Å². The van der Waals surface area contributed by atoms with Crippen LogP contribution in [0.2, 0.25) is 0 Å². The van der Waals surface area contributed by atoms with E-state index >= 15 is 0 Å². The number of piperidine rings is 1. The third-order valence-electron chi connectivity index (χ3n) is 5.24. The molecule has 4 rings (SSSR count). The van der Waals surface area contributed by atoms with Gasteiger partial charge < -0.3 is 19.7 Å². The second kappa shape index (κ2) is 8.41. The molecule has 2 unspecified atom stereocenters. The molecule has 2 amide bonds. The Balaban J connectivity index is 1.33. The van der Waals surface area contributed by atoms with E-state index in [0.717, 1.165) is 4.47 Å². The van der Waals surface area contributed by atoms with Crippen molar-refractivity contribution in [3.63, 3.8) is 0 Å². The summed E-state index contributed by atoms with van der Waals surface area (Å²) in [5.41, 5.74) is 0. The van der Waals surface area contributed by atoms with Gasteiger partial charge in [0.2, 0.25) is 12.0 Å². The van der Waals surface area contributed by atoms with Gasteiger partial charge in [-0.25, -0.2) is 4.98 Å². The van der Waals surface area contributed by atoms with Crippen LogP contribution in [0.4, 0.5) is 5.82 Å². The molecule has 1 N–H and O–H groups in total. The van der Waals surface area contributed by atoms with E-state index in [1.165, 1.54) is 0 Å². The molecular weight excluding hydrogens is 438 g/mol. The molecule has 1 aromatic heterocycles. The molecule has 2 atom stereocenters. The van der Waals surface area contributed by atoms with Crippen molar-refractivity contribution in [3.8, 4) is 11.5 Å². The minimum Gasteiger partial charge on any atom is -0.482 e. The standard InChI is InChI=1S/C21H22BrN3O4/c1-13-19(29-17-5-3-2-4-16(17)28-13)21(27)25-10-8-14(9-11-25)20(26)24-18-7-6-15(22)12-23-18/h2-7,12-14,19H,8-11H2,1H3,(H,23,24,26). The predicted molar refractivity (Wildman–Crippen MR) is 111 cm³/mol. The third kappa shape index (κ3) is 4.37. The van der Waals surface area contributed by atoms with Crippen molar-refractivity contribution < 1.29 is 19.1 Å². The van der Waals surface area contributed by atoms with Crippen LogP contribution in [0, 0.1) is 5.92 Å². The Bertz CT molecular complexity index is 897. The van der Waals surface area contributed by atoms with Crippen molar-refractivity contribution in [2.45, 2.75) is 32.0 Å². The zero-order valence-corrected chi connectivity index (χ0v) is 17.6. The van der Waals surface area contributed by atoms with Crippen molar-refractivity contribution in [2.24, 2.45) is 5.92 Å². The summed E-state index contributed by atoms with van der Waals surface area (Å²) >= 11 is 3.32. The highest BCUT2D eigenvalue weighted by atomic mass is 79.9. The number of pyridine rings is 1. The van der Waals surface area contributed by atoms with Crippen LogP contribution in [0.1, 0.15) is 19.8 Å². The van der Waals surface area contributed by atoms with Gasteiger partial charge in [0.15, 0.2) is 11.5 Å². The van der Waals surface area contributed by atoms with E-state index in [-0.39, 0.29) is 23.8 Å². The Morgan fingerprint density at radius 2 is 1.79 bits per heavy atom. The van der Waals surface area contributed by atoms with Crippen molar-refractivity contribution >= 4 is 33.6 Å². The van der Waals surface area contributed by atoms with Crippen LogP contribution in [0.25, 0.3) is 0 Å². The minimum atomic E-state index is -0.678. The number of hydrogen-bond donors (Lipinski definition) is 1. The number of carbonyl (C=O) groups excluding carboxylic acids is 2. The van der Waals surface area contributed by atoms with Gasteiger partial charge in [-0.1, -0.05) is 12.1 Å². The van der Waals surface area contributed by atoms with Gasteiger partial charge >= 0.3 is 0 Å². The number of carbonyl (C=O) groups is 2. The number of likely N-dealkylation sites (tertiary alicyclic amines) is 1. The lowest BCUT2D eigenvalue weighted by Crippen LogP contribution is -2.53. The van der Waals surface area contributed by atoms with E-state index in [4.69, 9.17) is 9.47 Å². The predicted octanol–water partition coefficient (Wildman–Crippen LogP) is 3.25. The Morgan fingerprint density at radius 3 is 2.45 bits per heavy atom. The number of anilines is 1. The molecule has 0 aliphatic carbocycles. The van der Waals surface area contributed by atoms with Gasteiger partial charge in [-0.2, -0.15) is 0 Å². The van der Waals surface area contributed by atoms with Gasteiger partial charge in [0.1, 0.15) is 11.9 Å². The first kappa shape index (κ1) is 19.7. The molecule has 1 fully saturated rings. The number of halogens is 1. The summed E-state index contributed by atoms with van der Waals surface area (Å²) in [6.07, 6.45) is 1.80. The SMILES string of the molecule is CC1Oc2ccccc2OC1C(=O)N1CCC(C(=O)Nc2ccc(Br)cn2)CC1. The Kier molecular flexibility index (Phi) is 5.71. The van der Waals surface area contributed by atoms with Crippen LogP contribution in [0.15, 0.2) is 47.1 Å². The summed E-state index contributed by atoms with van der Waals surface area (Å²) in [6.45, 7) is 2.86. The monoisotopic (exact) mass is 459 g/mol. The first-order chi connectivity index (χ1) is 14.0. The topological polar surface area (TPSA) is 80.8 Å². The lowest BCUT2D eigenvalue weighted by atomic mass is 9.95. The fourth-order valence-corrected chi connectivity index (χ4v) is 3.85. The van der Waals surface area contributed by atoms with Crippen LogP contribution in [-0.4, -0.2) is 47.0 Å². The van der Waals surface area contributed by atoms with Gasteiger partial charge in [0.25, 0.3) is 5.91 Å². The number of benzene rings is 1. The fraction of sp³-hybridized carbons (Fsp3) is 0.381. The van der Waals surface area contributed by atoms with Crippen LogP contribution in [0.3, 0.4) is 0 Å². The summed E-state index contributed by atoms with van der Waals surface area (Å²) in [5.74, 6) is 1.45. The zero-order chi connectivity index (χ0) is 20.4. The van der Waals surface area contributed by atoms with E-state index in [0.29, 0.717) is 43.2 Å². The number of aromatic nitrogens is 1. The number of ether oxygens (including phenoxy) is 2. The number of amides is 2. The molecule has 29 heavy (non-hydrogen) atoms.